The van der Waals surface area contributed by atoms with Gasteiger partial charge in [0.2, 0.25) is 0 Å². The van der Waals surface area contributed by atoms with E-state index in [0.717, 1.165) is 15.7 Å². The quantitative estimate of drug-likeness (QED) is 0.883. The number of hydrogen-bond acceptors (Lipinski definition) is 3. The SMILES string of the molecule is CC(C)[C@H](C(=O)O)N1C(=O)c2cc3ccccc3cc2C1=O. The van der Waals surface area contributed by atoms with Crippen LogP contribution in [0, 0.1) is 5.92 Å². The molecular weight excluding hydrogens is 282 g/mol. The Balaban J connectivity index is 2.15. The molecule has 5 nitrogen and oxygen atoms in total. The molecule has 1 aliphatic rings. The van der Waals surface area contributed by atoms with Crippen molar-refractivity contribution in [1.29, 1.82) is 0 Å². The van der Waals surface area contributed by atoms with E-state index in [-0.39, 0.29) is 17.0 Å². The highest BCUT2D eigenvalue weighted by molar-refractivity contribution is 6.24. The second-order valence-electron chi connectivity index (χ2n) is 5.75. The Morgan fingerprint density at radius 1 is 1.00 bits per heavy atom. The molecule has 0 saturated carbocycles. The second-order valence-corrected chi connectivity index (χ2v) is 5.75. The summed E-state index contributed by atoms with van der Waals surface area (Å²) in [5.41, 5.74) is 0.547. The van der Waals surface area contributed by atoms with Crippen molar-refractivity contribution in [3.8, 4) is 0 Å². The Morgan fingerprint density at radius 3 is 1.82 bits per heavy atom. The lowest BCUT2D eigenvalue weighted by Crippen LogP contribution is -2.47. The zero-order valence-electron chi connectivity index (χ0n) is 12.2. The van der Waals surface area contributed by atoms with Crippen molar-refractivity contribution in [2.75, 3.05) is 0 Å². The van der Waals surface area contributed by atoms with Crippen LogP contribution in [0.2, 0.25) is 0 Å². The molecule has 1 heterocycles. The Hall–Kier alpha value is -2.69. The van der Waals surface area contributed by atoms with E-state index in [4.69, 9.17) is 0 Å². The van der Waals surface area contributed by atoms with Gasteiger partial charge in [-0.05, 0) is 28.8 Å². The maximum absolute atomic E-state index is 12.5. The summed E-state index contributed by atoms with van der Waals surface area (Å²) in [5, 5.41) is 11.1. The molecule has 1 N–H and O–H groups in total. The molecule has 0 radical (unpaired) electrons. The fraction of sp³-hybridized carbons (Fsp3) is 0.235. The third kappa shape index (κ3) is 1.97. The van der Waals surface area contributed by atoms with Crippen molar-refractivity contribution in [3.63, 3.8) is 0 Å². The van der Waals surface area contributed by atoms with Crippen LogP contribution in [0.1, 0.15) is 34.6 Å². The fourth-order valence-corrected chi connectivity index (χ4v) is 2.89. The number of amides is 2. The summed E-state index contributed by atoms with van der Waals surface area (Å²) in [4.78, 5) is 37.4. The molecule has 0 spiro atoms. The van der Waals surface area contributed by atoms with Crippen LogP contribution in [0.4, 0.5) is 0 Å². The van der Waals surface area contributed by atoms with Crippen LogP contribution in [-0.2, 0) is 4.79 Å². The van der Waals surface area contributed by atoms with Gasteiger partial charge in [0.1, 0.15) is 6.04 Å². The number of aliphatic carboxylic acids is 1. The Bertz CT molecular complexity index is 755. The molecule has 2 aromatic rings. The summed E-state index contributed by atoms with van der Waals surface area (Å²) in [5.74, 6) is -2.61. The van der Waals surface area contributed by atoms with Crippen molar-refractivity contribution in [1.82, 2.24) is 4.90 Å². The zero-order chi connectivity index (χ0) is 16.0. The maximum Gasteiger partial charge on any atom is 0.327 e. The summed E-state index contributed by atoms with van der Waals surface area (Å²) in [6, 6.07) is 9.56. The summed E-state index contributed by atoms with van der Waals surface area (Å²) in [7, 11) is 0. The van der Waals surface area contributed by atoms with Crippen LogP contribution < -0.4 is 0 Å². The number of benzene rings is 2. The minimum atomic E-state index is -1.17. The van der Waals surface area contributed by atoms with Gasteiger partial charge in [-0.2, -0.15) is 0 Å². The van der Waals surface area contributed by atoms with Crippen LogP contribution in [0.5, 0.6) is 0 Å². The van der Waals surface area contributed by atoms with Crippen molar-refractivity contribution in [2.24, 2.45) is 5.92 Å². The lowest BCUT2D eigenvalue weighted by atomic mass is 10.0. The summed E-state index contributed by atoms with van der Waals surface area (Å²) < 4.78 is 0. The third-order valence-electron chi connectivity index (χ3n) is 3.95. The molecule has 5 heteroatoms. The highest BCUT2D eigenvalue weighted by Crippen LogP contribution is 2.30. The first-order chi connectivity index (χ1) is 10.4. The van der Waals surface area contributed by atoms with Crippen molar-refractivity contribution in [3.05, 3.63) is 47.5 Å². The number of imide groups is 1. The van der Waals surface area contributed by atoms with Gasteiger partial charge in [-0.3, -0.25) is 14.5 Å². The standard InChI is InChI=1S/C17H15NO4/c1-9(2)14(17(21)22)18-15(19)12-7-10-5-3-4-6-11(10)8-13(12)16(18)20/h3-9,14H,1-2H3,(H,21,22)/t14-/m1/s1. The number of hydrogen-bond donors (Lipinski definition) is 1. The first kappa shape index (κ1) is 14.3. The minimum absolute atomic E-state index is 0.274. The molecule has 1 atom stereocenters. The largest absolute Gasteiger partial charge is 0.480 e. The van der Waals surface area contributed by atoms with Crippen LogP contribution in [-0.4, -0.2) is 33.8 Å². The molecule has 0 unspecified atom stereocenters. The first-order valence-electron chi connectivity index (χ1n) is 7.05. The molecule has 22 heavy (non-hydrogen) atoms. The number of carbonyl (C=O) groups excluding carboxylic acids is 2. The monoisotopic (exact) mass is 297 g/mol. The molecule has 0 fully saturated rings. The lowest BCUT2D eigenvalue weighted by Gasteiger charge is -2.25. The summed E-state index contributed by atoms with van der Waals surface area (Å²) in [6.45, 7) is 3.36. The van der Waals surface area contributed by atoms with Crippen molar-refractivity contribution < 1.29 is 19.5 Å². The topological polar surface area (TPSA) is 74.7 Å². The molecule has 2 amide bonds. The molecular formula is C17H15NO4. The Morgan fingerprint density at radius 2 is 1.45 bits per heavy atom. The van der Waals surface area contributed by atoms with Gasteiger partial charge in [0.15, 0.2) is 0 Å². The zero-order valence-corrected chi connectivity index (χ0v) is 12.2. The van der Waals surface area contributed by atoms with E-state index >= 15 is 0 Å². The Kier molecular flexibility index (Phi) is 3.20. The van der Waals surface area contributed by atoms with E-state index in [2.05, 4.69) is 0 Å². The van der Waals surface area contributed by atoms with Gasteiger partial charge in [-0.25, -0.2) is 4.79 Å². The molecule has 3 rings (SSSR count). The number of carboxylic acid groups (broad SMARTS) is 1. The predicted octanol–water partition coefficient (Wildman–Crippen LogP) is 2.55. The average Bonchev–Trinajstić information content (AvgIpc) is 2.70. The average molecular weight is 297 g/mol. The number of fused-ring (bicyclic) bond motifs is 2. The molecule has 2 aromatic carbocycles. The van der Waals surface area contributed by atoms with Crippen LogP contribution in [0.25, 0.3) is 10.8 Å². The summed E-state index contributed by atoms with van der Waals surface area (Å²) in [6.07, 6.45) is 0. The van der Waals surface area contributed by atoms with Gasteiger partial charge in [-0.1, -0.05) is 38.1 Å². The molecule has 112 valence electrons. The molecule has 0 aromatic heterocycles. The molecule has 0 bridgehead atoms. The Labute approximate surface area is 127 Å². The first-order valence-corrected chi connectivity index (χ1v) is 7.05. The van der Waals surface area contributed by atoms with E-state index in [9.17, 15) is 19.5 Å². The molecule has 1 aliphatic heterocycles. The van der Waals surface area contributed by atoms with E-state index in [1.54, 1.807) is 26.0 Å². The summed E-state index contributed by atoms with van der Waals surface area (Å²) >= 11 is 0. The van der Waals surface area contributed by atoms with Crippen LogP contribution in [0.3, 0.4) is 0 Å². The number of rotatable bonds is 3. The smallest absolute Gasteiger partial charge is 0.327 e. The van der Waals surface area contributed by atoms with E-state index < -0.39 is 23.8 Å². The maximum atomic E-state index is 12.5. The van der Waals surface area contributed by atoms with Crippen LogP contribution in [0.15, 0.2) is 36.4 Å². The van der Waals surface area contributed by atoms with Gasteiger partial charge in [0, 0.05) is 0 Å². The van der Waals surface area contributed by atoms with Crippen molar-refractivity contribution in [2.45, 2.75) is 19.9 Å². The highest BCUT2D eigenvalue weighted by Gasteiger charge is 2.44. The number of carbonyl (C=O) groups is 3. The minimum Gasteiger partial charge on any atom is -0.480 e. The van der Waals surface area contributed by atoms with Gasteiger partial charge in [-0.15, -0.1) is 0 Å². The molecule has 0 saturated heterocycles. The lowest BCUT2D eigenvalue weighted by molar-refractivity contribution is -0.143. The number of nitrogens with zero attached hydrogens (tertiary/aromatic N) is 1. The van der Waals surface area contributed by atoms with E-state index in [1.807, 2.05) is 24.3 Å². The third-order valence-corrected chi connectivity index (χ3v) is 3.95. The normalized spacial score (nSPS) is 15.5. The van der Waals surface area contributed by atoms with Crippen LogP contribution >= 0.6 is 0 Å². The van der Waals surface area contributed by atoms with E-state index in [1.165, 1.54) is 0 Å². The highest BCUT2D eigenvalue weighted by atomic mass is 16.4. The predicted molar refractivity (Wildman–Crippen MR) is 80.7 cm³/mol. The van der Waals surface area contributed by atoms with Gasteiger partial charge in [0.05, 0.1) is 11.1 Å². The van der Waals surface area contributed by atoms with E-state index in [0.29, 0.717) is 0 Å². The number of carboxylic acids is 1. The van der Waals surface area contributed by atoms with Gasteiger partial charge in [0.25, 0.3) is 11.8 Å². The fourth-order valence-electron chi connectivity index (χ4n) is 2.89. The van der Waals surface area contributed by atoms with Crippen molar-refractivity contribution >= 4 is 28.6 Å². The molecule has 0 aliphatic carbocycles. The van der Waals surface area contributed by atoms with Gasteiger partial charge < -0.3 is 5.11 Å². The second kappa shape index (κ2) is 4.94. The van der Waals surface area contributed by atoms with Gasteiger partial charge >= 0.3 is 5.97 Å².